The Balaban J connectivity index is 2.37. The highest BCUT2D eigenvalue weighted by Crippen LogP contribution is 2.40. The molecule has 0 bridgehead atoms. The monoisotopic (exact) mass is 302 g/mol. The minimum Gasteiger partial charge on any atom is -0.493 e. The normalized spacial score (nSPS) is 9.95. The number of amides is 1. The number of nitrogens with two attached hydrogens (primary N) is 1. The Labute approximate surface area is 128 Å². The van der Waals surface area contributed by atoms with Gasteiger partial charge in [-0.2, -0.15) is 0 Å². The van der Waals surface area contributed by atoms with Crippen LogP contribution in [-0.2, 0) is 0 Å². The lowest BCUT2D eigenvalue weighted by Gasteiger charge is -2.15. The number of benzene rings is 2. The summed E-state index contributed by atoms with van der Waals surface area (Å²) in [5, 5.41) is 3.18. The van der Waals surface area contributed by atoms with Gasteiger partial charge in [0.1, 0.15) is 0 Å². The SMILES string of the molecule is COc1cc(Nc2cccc(C(N)=O)c2)cc(OC)c1OC. The number of anilines is 2. The Kier molecular flexibility index (Phi) is 4.73. The lowest BCUT2D eigenvalue weighted by molar-refractivity contribution is 0.100. The van der Waals surface area contributed by atoms with Gasteiger partial charge in [0.15, 0.2) is 11.5 Å². The first-order chi connectivity index (χ1) is 10.6. The average Bonchev–Trinajstić information content (AvgIpc) is 2.54. The van der Waals surface area contributed by atoms with Gasteiger partial charge in [0.2, 0.25) is 11.7 Å². The van der Waals surface area contributed by atoms with Gasteiger partial charge in [-0.05, 0) is 18.2 Å². The molecule has 22 heavy (non-hydrogen) atoms. The summed E-state index contributed by atoms with van der Waals surface area (Å²) >= 11 is 0. The van der Waals surface area contributed by atoms with E-state index in [2.05, 4.69) is 5.32 Å². The number of primary amides is 1. The first-order valence-corrected chi connectivity index (χ1v) is 6.56. The van der Waals surface area contributed by atoms with Crippen LogP contribution in [0.15, 0.2) is 36.4 Å². The maximum atomic E-state index is 11.2. The Morgan fingerprint density at radius 2 is 1.59 bits per heavy atom. The zero-order valence-corrected chi connectivity index (χ0v) is 12.7. The van der Waals surface area contributed by atoms with Crippen molar-refractivity contribution in [3.63, 3.8) is 0 Å². The van der Waals surface area contributed by atoms with Crippen LogP contribution in [0.3, 0.4) is 0 Å². The highest BCUT2D eigenvalue weighted by atomic mass is 16.5. The molecular weight excluding hydrogens is 284 g/mol. The molecule has 0 spiro atoms. The highest BCUT2D eigenvalue weighted by molar-refractivity contribution is 5.93. The summed E-state index contributed by atoms with van der Waals surface area (Å²) < 4.78 is 15.9. The molecule has 6 heteroatoms. The minimum atomic E-state index is -0.478. The van der Waals surface area contributed by atoms with Gasteiger partial charge in [0.05, 0.1) is 21.3 Å². The van der Waals surface area contributed by atoms with Gasteiger partial charge in [-0.3, -0.25) is 4.79 Å². The maximum absolute atomic E-state index is 11.2. The van der Waals surface area contributed by atoms with Crippen molar-refractivity contribution in [1.29, 1.82) is 0 Å². The lowest BCUT2D eigenvalue weighted by atomic mass is 10.2. The number of ether oxygens (including phenoxy) is 3. The van der Waals surface area contributed by atoms with Crippen molar-refractivity contribution >= 4 is 17.3 Å². The molecule has 0 radical (unpaired) electrons. The number of methoxy groups -OCH3 is 3. The van der Waals surface area contributed by atoms with Gasteiger partial charge in [-0.1, -0.05) is 6.07 Å². The molecular formula is C16H18N2O4. The third-order valence-electron chi connectivity index (χ3n) is 3.10. The van der Waals surface area contributed by atoms with E-state index in [-0.39, 0.29) is 0 Å². The summed E-state index contributed by atoms with van der Waals surface area (Å²) in [7, 11) is 4.65. The Hall–Kier alpha value is -2.89. The van der Waals surface area contributed by atoms with E-state index in [1.807, 2.05) is 6.07 Å². The summed E-state index contributed by atoms with van der Waals surface area (Å²) in [6.07, 6.45) is 0. The second-order valence-corrected chi connectivity index (χ2v) is 4.48. The second-order valence-electron chi connectivity index (χ2n) is 4.48. The van der Waals surface area contributed by atoms with Crippen LogP contribution in [0.4, 0.5) is 11.4 Å². The minimum absolute atomic E-state index is 0.428. The highest BCUT2D eigenvalue weighted by Gasteiger charge is 2.13. The molecule has 0 atom stereocenters. The molecule has 0 saturated carbocycles. The molecule has 0 aliphatic heterocycles. The number of carbonyl (C=O) groups excluding carboxylic acids is 1. The smallest absolute Gasteiger partial charge is 0.248 e. The van der Waals surface area contributed by atoms with E-state index >= 15 is 0 Å². The average molecular weight is 302 g/mol. The summed E-state index contributed by atoms with van der Waals surface area (Å²) in [6.45, 7) is 0. The number of carbonyl (C=O) groups is 1. The van der Waals surface area contributed by atoms with E-state index in [9.17, 15) is 4.79 Å². The third-order valence-corrected chi connectivity index (χ3v) is 3.10. The zero-order valence-electron chi connectivity index (χ0n) is 12.7. The summed E-state index contributed by atoms with van der Waals surface area (Å²) in [5.74, 6) is 1.11. The predicted molar refractivity (Wildman–Crippen MR) is 84.3 cm³/mol. The van der Waals surface area contributed by atoms with Crippen molar-refractivity contribution in [2.75, 3.05) is 26.6 Å². The summed E-state index contributed by atoms with van der Waals surface area (Å²) in [5.41, 5.74) is 7.17. The fraction of sp³-hybridized carbons (Fsp3) is 0.188. The van der Waals surface area contributed by atoms with Crippen LogP contribution < -0.4 is 25.3 Å². The van der Waals surface area contributed by atoms with Crippen LogP contribution in [0, 0.1) is 0 Å². The topological polar surface area (TPSA) is 82.8 Å². The number of rotatable bonds is 6. The first-order valence-electron chi connectivity index (χ1n) is 6.56. The van der Waals surface area contributed by atoms with Crippen LogP contribution >= 0.6 is 0 Å². The zero-order chi connectivity index (χ0) is 16.1. The Morgan fingerprint density at radius 3 is 2.09 bits per heavy atom. The van der Waals surface area contributed by atoms with Crippen LogP contribution in [0.1, 0.15) is 10.4 Å². The standard InChI is InChI=1S/C16H18N2O4/c1-20-13-8-12(9-14(21-2)15(13)22-3)18-11-6-4-5-10(7-11)16(17)19/h4-9,18H,1-3H3,(H2,17,19). The number of hydrogen-bond donors (Lipinski definition) is 2. The fourth-order valence-electron chi connectivity index (χ4n) is 2.07. The van der Waals surface area contributed by atoms with Crippen LogP contribution in [0.2, 0.25) is 0 Å². The van der Waals surface area contributed by atoms with Crippen molar-refractivity contribution in [2.45, 2.75) is 0 Å². The third kappa shape index (κ3) is 3.22. The largest absolute Gasteiger partial charge is 0.493 e. The van der Waals surface area contributed by atoms with E-state index in [1.165, 1.54) is 0 Å². The van der Waals surface area contributed by atoms with E-state index < -0.39 is 5.91 Å². The van der Waals surface area contributed by atoms with Crippen molar-refractivity contribution < 1.29 is 19.0 Å². The van der Waals surface area contributed by atoms with Crippen molar-refractivity contribution in [3.8, 4) is 17.2 Å². The van der Waals surface area contributed by atoms with Gasteiger partial charge < -0.3 is 25.3 Å². The predicted octanol–water partition coefficient (Wildman–Crippen LogP) is 2.55. The van der Waals surface area contributed by atoms with Gasteiger partial charge in [0, 0.05) is 29.1 Å². The van der Waals surface area contributed by atoms with Gasteiger partial charge in [0.25, 0.3) is 0 Å². The van der Waals surface area contributed by atoms with Crippen LogP contribution in [0.5, 0.6) is 17.2 Å². The lowest BCUT2D eigenvalue weighted by Crippen LogP contribution is -2.10. The molecule has 0 heterocycles. The van der Waals surface area contributed by atoms with Crippen molar-refractivity contribution in [2.24, 2.45) is 5.73 Å². The Bertz CT molecular complexity index is 661. The molecule has 3 N–H and O–H groups in total. The summed E-state index contributed by atoms with van der Waals surface area (Å²) in [6, 6.07) is 10.5. The summed E-state index contributed by atoms with van der Waals surface area (Å²) in [4.78, 5) is 11.2. The number of nitrogens with one attached hydrogen (secondary N) is 1. The molecule has 116 valence electrons. The molecule has 0 aromatic heterocycles. The molecule has 0 aliphatic rings. The molecule has 2 rings (SSSR count). The molecule has 2 aromatic rings. The van der Waals surface area contributed by atoms with Gasteiger partial charge in [-0.15, -0.1) is 0 Å². The van der Waals surface area contributed by atoms with Crippen LogP contribution in [-0.4, -0.2) is 27.2 Å². The molecule has 1 amide bonds. The van der Waals surface area contributed by atoms with E-state index in [4.69, 9.17) is 19.9 Å². The molecule has 0 unspecified atom stereocenters. The van der Waals surface area contributed by atoms with E-state index in [1.54, 1.807) is 51.7 Å². The van der Waals surface area contributed by atoms with Crippen LogP contribution in [0.25, 0.3) is 0 Å². The second kappa shape index (κ2) is 6.71. The molecule has 0 aliphatic carbocycles. The molecule has 6 nitrogen and oxygen atoms in total. The Morgan fingerprint density at radius 1 is 0.955 bits per heavy atom. The first kappa shape index (κ1) is 15.5. The maximum Gasteiger partial charge on any atom is 0.248 e. The number of hydrogen-bond acceptors (Lipinski definition) is 5. The van der Waals surface area contributed by atoms with E-state index in [0.717, 1.165) is 11.4 Å². The molecule has 2 aromatic carbocycles. The fourth-order valence-corrected chi connectivity index (χ4v) is 2.07. The van der Waals surface area contributed by atoms with E-state index in [0.29, 0.717) is 22.8 Å². The van der Waals surface area contributed by atoms with Crippen molar-refractivity contribution in [3.05, 3.63) is 42.0 Å². The van der Waals surface area contributed by atoms with Gasteiger partial charge >= 0.3 is 0 Å². The van der Waals surface area contributed by atoms with Crippen molar-refractivity contribution in [1.82, 2.24) is 0 Å². The molecule has 0 saturated heterocycles. The van der Waals surface area contributed by atoms with Gasteiger partial charge in [-0.25, -0.2) is 0 Å². The quantitative estimate of drug-likeness (QED) is 0.857. The molecule has 0 fully saturated rings.